The van der Waals surface area contributed by atoms with Gasteiger partial charge >= 0.3 is 0 Å². The Balaban J connectivity index is 0.986. The van der Waals surface area contributed by atoms with E-state index in [1.54, 1.807) is 0 Å². The SMILES string of the molecule is c1ccc(-c2c3c4ccccc4c(-c4ccc(N(c5ccc(-c6cccc7ccccc67)cc5)c5ccc(-c6cccc7ccccc67)cc5)cc4)cc3n3ccccc23)cc1. The fourth-order valence-corrected chi connectivity index (χ4v) is 9.71. The monoisotopic (exact) mass is 788 g/mol. The van der Waals surface area contributed by atoms with Crippen LogP contribution >= 0.6 is 0 Å². The van der Waals surface area contributed by atoms with E-state index in [9.17, 15) is 0 Å². The molecular formula is C60H40N2. The van der Waals surface area contributed by atoms with Crippen molar-refractivity contribution in [2.75, 3.05) is 4.90 Å². The molecule has 0 aliphatic carbocycles. The third-order valence-electron chi connectivity index (χ3n) is 12.6. The van der Waals surface area contributed by atoms with Gasteiger partial charge in [-0.25, -0.2) is 0 Å². The Bertz CT molecular complexity index is 3470. The molecule has 0 unspecified atom stereocenters. The van der Waals surface area contributed by atoms with Gasteiger partial charge in [0.15, 0.2) is 0 Å². The third kappa shape index (κ3) is 5.96. The summed E-state index contributed by atoms with van der Waals surface area (Å²) in [4.78, 5) is 2.37. The second-order valence-electron chi connectivity index (χ2n) is 16.1. The van der Waals surface area contributed by atoms with E-state index >= 15 is 0 Å². The highest BCUT2D eigenvalue weighted by Gasteiger charge is 2.20. The van der Waals surface area contributed by atoms with Gasteiger partial charge in [-0.1, -0.05) is 182 Å². The van der Waals surface area contributed by atoms with Crippen LogP contribution in [-0.4, -0.2) is 4.40 Å². The van der Waals surface area contributed by atoms with Crippen molar-refractivity contribution in [3.63, 3.8) is 0 Å². The Morgan fingerprint density at radius 3 is 1.31 bits per heavy atom. The number of hydrogen-bond acceptors (Lipinski definition) is 1. The van der Waals surface area contributed by atoms with Crippen LogP contribution in [0.3, 0.4) is 0 Å². The summed E-state index contributed by atoms with van der Waals surface area (Å²) < 4.78 is 2.35. The van der Waals surface area contributed by atoms with E-state index in [0.29, 0.717) is 0 Å². The fraction of sp³-hybridized carbons (Fsp3) is 0. The van der Waals surface area contributed by atoms with E-state index in [1.807, 2.05) is 0 Å². The first kappa shape index (κ1) is 35.7. The minimum Gasteiger partial charge on any atom is -0.316 e. The predicted molar refractivity (Wildman–Crippen MR) is 264 cm³/mol. The lowest BCUT2D eigenvalue weighted by molar-refractivity contribution is 1.25. The fourth-order valence-electron chi connectivity index (χ4n) is 9.71. The summed E-state index contributed by atoms with van der Waals surface area (Å²) in [5.41, 5.74) is 15.5. The van der Waals surface area contributed by atoms with E-state index in [0.717, 1.165) is 17.1 Å². The van der Waals surface area contributed by atoms with Gasteiger partial charge in [0.05, 0.1) is 11.0 Å². The smallest absolute Gasteiger partial charge is 0.0547 e. The summed E-state index contributed by atoms with van der Waals surface area (Å²) in [6.45, 7) is 0. The maximum Gasteiger partial charge on any atom is 0.0547 e. The molecule has 0 bridgehead atoms. The molecule has 12 rings (SSSR count). The first-order valence-corrected chi connectivity index (χ1v) is 21.3. The molecule has 2 aromatic heterocycles. The van der Waals surface area contributed by atoms with Crippen LogP contribution in [0.2, 0.25) is 0 Å². The predicted octanol–water partition coefficient (Wildman–Crippen LogP) is 16.7. The standard InChI is InChI=1S/C60H40N2/c1-2-16-46(17-3-1)59-57-26-10-11-39-61(57)58-40-56(54-22-8-9-23-55(54)60(58)59)45-31-37-49(38-32-45)62(47-33-27-43(28-34-47)52-24-12-18-41-14-4-6-20-50(41)52)48-35-29-44(30-36-48)53-25-13-19-42-15-5-7-21-51(42)53/h1-40H. The van der Waals surface area contributed by atoms with Crippen molar-refractivity contribution in [2.45, 2.75) is 0 Å². The quantitative estimate of drug-likeness (QED) is 0.156. The highest BCUT2D eigenvalue weighted by Crippen LogP contribution is 2.44. The Hall–Kier alpha value is -8.20. The Kier molecular flexibility index (Phi) is 8.53. The molecule has 10 aromatic carbocycles. The van der Waals surface area contributed by atoms with Gasteiger partial charge < -0.3 is 9.30 Å². The topological polar surface area (TPSA) is 7.65 Å². The summed E-state index contributed by atoms with van der Waals surface area (Å²) in [7, 11) is 0. The van der Waals surface area contributed by atoms with Crippen molar-refractivity contribution in [3.8, 4) is 44.5 Å². The zero-order valence-corrected chi connectivity index (χ0v) is 34.0. The van der Waals surface area contributed by atoms with Crippen LogP contribution in [0.4, 0.5) is 17.1 Å². The maximum absolute atomic E-state index is 2.39. The van der Waals surface area contributed by atoms with Crippen LogP contribution in [0.1, 0.15) is 0 Å². The minimum atomic E-state index is 1.09. The Morgan fingerprint density at radius 2 is 0.742 bits per heavy atom. The van der Waals surface area contributed by atoms with E-state index in [2.05, 4.69) is 252 Å². The summed E-state index contributed by atoms with van der Waals surface area (Å²) in [5, 5.41) is 8.79. The van der Waals surface area contributed by atoms with E-state index < -0.39 is 0 Å². The van der Waals surface area contributed by atoms with Gasteiger partial charge in [-0.2, -0.15) is 0 Å². The van der Waals surface area contributed by atoms with E-state index in [4.69, 9.17) is 0 Å². The molecule has 0 fully saturated rings. The molecular weight excluding hydrogens is 749 g/mol. The summed E-state index contributed by atoms with van der Waals surface area (Å²) in [5.74, 6) is 0. The van der Waals surface area contributed by atoms with Crippen molar-refractivity contribution in [3.05, 3.63) is 243 Å². The molecule has 0 saturated carbocycles. The van der Waals surface area contributed by atoms with Crippen molar-refractivity contribution in [1.29, 1.82) is 0 Å². The molecule has 0 radical (unpaired) electrons. The highest BCUT2D eigenvalue weighted by atomic mass is 15.1. The van der Waals surface area contributed by atoms with Gasteiger partial charge in [0.25, 0.3) is 0 Å². The number of hydrogen-bond donors (Lipinski definition) is 0. The van der Waals surface area contributed by atoms with Crippen LogP contribution in [0, 0.1) is 0 Å². The van der Waals surface area contributed by atoms with Gasteiger partial charge in [0.1, 0.15) is 0 Å². The van der Waals surface area contributed by atoms with Crippen molar-refractivity contribution in [2.24, 2.45) is 0 Å². The maximum atomic E-state index is 2.39. The number of aromatic nitrogens is 1. The van der Waals surface area contributed by atoms with Gasteiger partial charge in [-0.05, 0) is 126 Å². The van der Waals surface area contributed by atoms with Crippen LogP contribution < -0.4 is 4.90 Å². The molecule has 12 aromatic rings. The molecule has 2 nitrogen and oxygen atoms in total. The molecule has 2 heteroatoms. The molecule has 0 saturated heterocycles. The van der Waals surface area contributed by atoms with Gasteiger partial charge in [-0.15, -0.1) is 0 Å². The summed E-state index contributed by atoms with van der Waals surface area (Å²) in [6, 6.07) is 86.2. The number of benzene rings is 10. The summed E-state index contributed by atoms with van der Waals surface area (Å²) in [6.07, 6.45) is 2.20. The van der Waals surface area contributed by atoms with E-state index in [1.165, 1.54) is 93.2 Å². The number of pyridine rings is 1. The highest BCUT2D eigenvalue weighted by molar-refractivity contribution is 6.22. The van der Waals surface area contributed by atoms with Crippen LogP contribution in [0.15, 0.2) is 243 Å². The molecule has 2 heterocycles. The number of nitrogens with zero attached hydrogens (tertiary/aromatic N) is 2. The molecule has 0 N–H and O–H groups in total. The normalized spacial score (nSPS) is 11.5. The van der Waals surface area contributed by atoms with Gasteiger partial charge in [0, 0.05) is 34.2 Å². The molecule has 0 amide bonds. The van der Waals surface area contributed by atoms with Crippen LogP contribution in [0.5, 0.6) is 0 Å². The van der Waals surface area contributed by atoms with Crippen molar-refractivity contribution in [1.82, 2.24) is 4.40 Å². The largest absolute Gasteiger partial charge is 0.316 e. The average molecular weight is 789 g/mol. The van der Waals surface area contributed by atoms with Crippen molar-refractivity contribution >= 4 is 65.8 Å². The first-order chi connectivity index (χ1) is 30.8. The lowest BCUT2D eigenvalue weighted by atomic mass is 9.92. The van der Waals surface area contributed by atoms with Crippen LogP contribution in [0.25, 0.3) is 93.2 Å². The first-order valence-electron chi connectivity index (χ1n) is 21.3. The Morgan fingerprint density at radius 1 is 0.290 bits per heavy atom. The van der Waals surface area contributed by atoms with Crippen LogP contribution in [-0.2, 0) is 0 Å². The number of rotatable bonds is 7. The molecule has 0 atom stereocenters. The molecule has 290 valence electrons. The Labute approximate surface area is 360 Å². The number of anilines is 3. The summed E-state index contributed by atoms with van der Waals surface area (Å²) >= 11 is 0. The van der Waals surface area contributed by atoms with Gasteiger partial charge in [0.2, 0.25) is 0 Å². The van der Waals surface area contributed by atoms with Gasteiger partial charge in [-0.3, -0.25) is 0 Å². The number of fused-ring (bicyclic) bond motifs is 7. The average Bonchev–Trinajstić information content (AvgIpc) is 3.69. The molecule has 0 aliphatic heterocycles. The zero-order chi connectivity index (χ0) is 41.0. The lowest BCUT2D eigenvalue weighted by Gasteiger charge is -2.26. The second-order valence-corrected chi connectivity index (χ2v) is 16.1. The van der Waals surface area contributed by atoms with E-state index in [-0.39, 0.29) is 0 Å². The lowest BCUT2D eigenvalue weighted by Crippen LogP contribution is -2.09. The second kappa shape index (κ2) is 14.8. The molecule has 0 aliphatic rings. The van der Waals surface area contributed by atoms with Crippen molar-refractivity contribution < 1.29 is 0 Å². The zero-order valence-electron chi connectivity index (χ0n) is 34.0. The molecule has 0 spiro atoms. The molecule has 62 heavy (non-hydrogen) atoms. The third-order valence-corrected chi connectivity index (χ3v) is 12.6. The minimum absolute atomic E-state index is 1.09.